The number of pyridine rings is 1. The number of nitrogens with zero attached hydrogens (tertiary/aromatic N) is 2. The van der Waals surface area contributed by atoms with E-state index in [-0.39, 0.29) is 4.90 Å². The van der Waals surface area contributed by atoms with Gasteiger partial charge in [-0.05, 0) is 36.8 Å². The molecule has 0 unspecified atom stereocenters. The van der Waals surface area contributed by atoms with Crippen LogP contribution in [-0.2, 0) is 10.0 Å². The van der Waals surface area contributed by atoms with E-state index in [1.54, 1.807) is 12.1 Å². The predicted molar refractivity (Wildman–Crippen MR) is 75.6 cm³/mol. The maximum absolute atomic E-state index is 11.9. The first-order chi connectivity index (χ1) is 8.89. The highest BCUT2D eigenvalue weighted by Crippen LogP contribution is 2.48. The Morgan fingerprint density at radius 1 is 1.37 bits per heavy atom. The summed E-state index contributed by atoms with van der Waals surface area (Å²) >= 11 is 0. The highest BCUT2D eigenvalue weighted by Gasteiger charge is 2.40. The van der Waals surface area contributed by atoms with Gasteiger partial charge in [-0.25, -0.2) is 17.7 Å². The third kappa shape index (κ3) is 3.06. The minimum Gasteiger partial charge on any atom is -0.370 e. The van der Waals surface area contributed by atoms with E-state index >= 15 is 0 Å². The summed E-state index contributed by atoms with van der Waals surface area (Å²) in [5.74, 6) is 0.734. The van der Waals surface area contributed by atoms with E-state index in [2.05, 4.69) is 17.2 Å². The average Bonchev–Trinajstić information content (AvgIpc) is 3.17. The molecule has 19 heavy (non-hydrogen) atoms. The summed E-state index contributed by atoms with van der Waals surface area (Å²) in [6, 6.07) is 3.32. The topological polar surface area (TPSA) is 62.3 Å². The standard InChI is InChI=1S/C13H21N3O2S/c1-4-13(7-8-13)10-15-12-6-5-11(9-14-12)19(17,18)16(2)3/h5-6,9H,4,7-8,10H2,1-3H3,(H,14,15). The highest BCUT2D eigenvalue weighted by molar-refractivity contribution is 7.89. The normalized spacial score (nSPS) is 17.5. The van der Waals surface area contributed by atoms with Crippen molar-refractivity contribution in [2.45, 2.75) is 31.1 Å². The molecule has 0 spiro atoms. The highest BCUT2D eigenvalue weighted by atomic mass is 32.2. The van der Waals surface area contributed by atoms with Crippen LogP contribution in [0.3, 0.4) is 0 Å². The molecule has 1 aromatic rings. The van der Waals surface area contributed by atoms with Gasteiger partial charge >= 0.3 is 0 Å². The van der Waals surface area contributed by atoms with E-state index in [0.717, 1.165) is 12.4 Å². The van der Waals surface area contributed by atoms with Crippen LogP contribution in [0.15, 0.2) is 23.2 Å². The van der Waals surface area contributed by atoms with Crippen LogP contribution in [0.25, 0.3) is 0 Å². The minimum absolute atomic E-state index is 0.222. The minimum atomic E-state index is -3.39. The van der Waals surface area contributed by atoms with E-state index in [0.29, 0.717) is 5.41 Å². The number of hydrogen-bond donors (Lipinski definition) is 1. The summed E-state index contributed by atoms with van der Waals surface area (Å²) in [7, 11) is -0.359. The van der Waals surface area contributed by atoms with Crippen LogP contribution in [0.2, 0.25) is 0 Å². The second-order valence-corrected chi connectivity index (χ2v) is 7.53. The van der Waals surface area contributed by atoms with Crippen LogP contribution in [0.1, 0.15) is 26.2 Å². The Balaban J connectivity index is 2.03. The van der Waals surface area contributed by atoms with E-state index in [9.17, 15) is 8.42 Å². The summed E-state index contributed by atoms with van der Waals surface area (Å²) in [4.78, 5) is 4.40. The molecule has 1 fully saturated rings. The van der Waals surface area contributed by atoms with Crippen LogP contribution in [-0.4, -0.2) is 38.3 Å². The van der Waals surface area contributed by atoms with Gasteiger partial charge in [0.1, 0.15) is 10.7 Å². The van der Waals surface area contributed by atoms with Crippen LogP contribution in [0.5, 0.6) is 0 Å². The maximum atomic E-state index is 11.9. The molecule has 0 aromatic carbocycles. The zero-order valence-electron chi connectivity index (χ0n) is 11.7. The van der Waals surface area contributed by atoms with Crippen molar-refractivity contribution in [3.8, 4) is 0 Å². The molecule has 6 heteroatoms. The molecule has 0 saturated heterocycles. The molecule has 106 valence electrons. The molecule has 1 N–H and O–H groups in total. The van der Waals surface area contributed by atoms with Crippen molar-refractivity contribution in [1.29, 1.82) is 0 Å². The number of sulfonamides is 1. The molecule has 1 aliphatic rings. The summed E-state index contributed by atoms with van der Waals surface area (Å²) in [5.41, 5.74) is 0.441. The molecular weight excluding hydrogens is 262 g/mol. The van der Waals surface area contributed by atoms with E-state index in [4.69, 9.17) is 0 Å². The van der Waals surface area contributed by atoms with Gasteiger partial charge in [0.25, 0.3) is 0 Å². The Morgan fingerprint density at radius 3 is 2.47 bits per heavy atom. The Bertz CT molecular complexity index is 534. The van der Waals surface area contributed by atoms with Gasteiger partial charge in [-0.15, -0.1) is 0 Å². The number of nitrogens with one attached hydrogen (secondary N) is 1. The quantitative estimate of drug-likeness (QED) is 0.866. The Morgan fingerprint density at radius 2 is 2.05 bits per heavy atom. The first-order valence-electron chi connectivity index (χ1n) is 6.52. The first-order valence-corrected chi connectivity index (χ1v) is 7.96. The van der Waals surface area contributed by atoms with Crippen LogP contribution >= 0.6 is 0 Å². The molecule has 1 aliphatic carbocycles. The molecular formula is C13H21N3O2S. The summed E-state index contributed by atoms with van der Waals surface area (Å²) < 4.78 is 25.0. The van der Waals surface area contributed by atoms with Gasteiger partial charge in [-0.1, -0.05) is 6.92 Å². The fourth-order valence-electron chi connectivity index (χ4n) is 1.96. The number of hydrogen-bond acceptors (Lipinski definition) is 4. The maximum Gasteiger partial charge on any atom is 0.244 e. The van der Waals surface area contributed by atoms with E-state index in [1.165, 1.54) is 43.9 Å². The van der Waals surface area contributed by atoms with Crippen molar-refractivity contribution in [3.05, 3.63) is 18.3 Å². The largest absolute Gasteiger partial charge is 0.370 e. The lowest BCUT2D eigenvalue weighted by Crippen LogP contribution is -2.22. The fraction of sp³-hybridized carbons (Fsp3) is 0.615. The van der Waals surface area contributed by atoms with Gasteiger partial charge in [0, 0.05) is 26.8 Å². The lowest BCUT2D eigenvalue weighted by Gasteiger charge is -2.14. The fourth-order valence-corrected chi connectivity index (χ4v) is 2.81. The molecule has 0 amide bonds. The van der Waals surface area contributed by atoms with Crippen LogP contribution in [0.4, 0.5) is 5.82 Å². The third-order valence-corrected chi connectivity index (χ3v) is 5.67. The SMILES string of the molecule is CCC1(CNc2ccc(S(=O)(=O)N(C)C)cn2)CC1. The smallest absolute Gasteiger partial charge is 0.244 e. The van der Waals surface area contributed by atoms with Crippen molar-refractivity contribution in [2.75, 3.05) is 26.0 Å². The molecule has 0 radical (unpaired) electrons. The van der Waals surface area contributed by atoms with Gasteiger partial charge in [0.05, 0.1) is 0 Å². The van der Waals surface area contributed by atoms with E-state index < -0.39 is 10.0 Å². The van der Waals surface area contributed by atoms with Gasteiger partial charge in [-0.2, -0.15) is 0 Å². The molecule has 1 heterocycles. The lowest BCUT2D eigenvalue weighted by molar-refractivity contribution is 0.518. The number of aromatic nitrogens is 1. The van der Waals surface area contributed by atoms with Gasteiger partial charge in [0.2, 0.25) is 10.0 Å². The number of anilines is 1. The number of rotatable bonds is 6. The summed E-state index contributed by atoms with van der Waals surface area (Å²) in [6.45, 7) is 3.12. The molecule has 1 saturated carbocycles. The van der Waals surface area contributed by atoms with Gasteiger partial charge in [-0.3, -0.25) is 0 Å². The van der Waals surface area contributed by atoms with Gasteiger partial charge < -0.3 is 5.32 Å². The first kappa shape index (κ1) is 14.3. The summed E-state index contributed by atoms with van der Waals surface area (Å²) in [6.07, 6.45) is 5.11. The summed E-state index contributed by atoms with van der Waals surface area (Å²) in [5, 5.41) is 3.29. The van der Waals surface area contributed by atoms with Crippen molar-refractivity contribution >= 4 is 15.8 Å². The average molecular weight is 283 g/mol. The third-order valence-electron chi connectivity index (χ3n) is 3.87. The lowest BCUT2D eigenvalue weighted by atomic mass is 10.0. The zero-order chi connectivity index (χ0) is 14.1. The molecule has 2 rings (SSSR count). The molecule has 0 bridgehead atoms. The predicted octanol–water partition coefficient (Wildman–Crippen LogP) is 1.93. The Hall–Kier alpha value is -1.14. The molecule has 0 atom stereocenters. The monoisotopic (exact) mass is 283 g/mol. The second-order valence-electron chi connectivity index (χ2n) is 5.37. The van der Waals surface area contributed by atoms with Crippen LogP contribution < -0.4 is 5.32 Å². The zero-order valence-corrected chi connectivity index (χ0v) is 12.5. The molecule has 0 aliphatic heterocycles. The Kier molecular flexibility index (Phi) is 3.82. The van der Waals surface area contributed by atoms with Crippen molar-refractivity contribution in [2.24, 2.45) is 5.41 Å². The molecule has 1 aromatic heterocycles. The molecule has 5 nitrogen and oxygen atoms in total. The second kappa shape index (κ2) is 5.09. The van der Waals surface area contributed by atoms with Gasteiger partial charge in [0.15, 0.2) is 0 Å². The Labute approximate surface area is 115 Å². The van der Waals surface area contributed by atoms with Crippen molar-refractivity contribution < 1.29 is 8.42 Å². The van der Waals surface area contributed by atoms with Crippen molar-refractivity contribution in [3.63, 3.8) is 0 Å². The van der Waals surface area contributed by atoms with Crippen LogP contribution in [0, 0.1) is 5.41 Å². The van der Waals surface area contributed by atoms with E-state index in [1.807, 2.05) is 0 Å². The van der Waals surface area contributed by atoms with Crippen molar-refractivity contribution in [1.82, 2.24) is 9.29 Å².